The SMILES string of the molecule is COc1cc(C(=O)N[C@H](CN2CCOCC2)c2ccccc2)cc(OC)c1Br. The average Bonchev–Trinajstić information content (AvgIpc) is 2.74. The summed E-state index contributed by atoms with van der Waals surface area (Å²) in [5, 5.41) is 3.17. The van der Waals surface area contributed by atoms with Gasteiger partial charge in [0.2, 0.25) is 0 Å². The van der Waals surface area contributed by atoms with Gasteiger partial charge >= 0.3 is 0 Å². The molecule has 1 aliphatic rings. The molecule has 1 fully saturated rings. The Morgan fingerprint density at radius 2 is 1.75 bits per heavy atom. The zero-order chi connectivity index (χ0) is 19.9. The number of hydrogen-bond acceptors (Lipinski definition) is 5. The number of hydrogen-bond donors (Lipinski definition) is 1. The maximum absolute atomic E-state index is 13.0. The first-order chi connectivity index (χ1) is 13.6. The number of nitrogens with one attached hydrogen (secondary N) is 1. The summed E-state index contributed by atoms with van der Waals surface area (Å²) in [5.41, 5.74) is 1.55. The van der Waals surface area contributed by atoms with E-state index in [2.05, 4.69) is 26.1 Å². The third-order valence-electron chi connectivity index (χ3n) is 4.76. The van der Waals surface area contributed by atoms with E-state index < -0.39 is 0 Å². The van der Waals surface area contributed by atoms with E-state index in [1.807, 2.05) is 30.3 Å². The molecule has 6 nitrogen and oxygen atoms in total. The van der Waals surface area contributed by atoms with Crippen LogP contribution in [0.3, 0.4) is 0 Å². The third-order valence-corrected chi connectivity index (χ3v) is 5.54. The van der Waals surface area contributed by atoms with Gasteiger partial charge in [-0.2, -0.15) is 0 Å². The van der Waals surface area contributed by atoms with Gasteiger partial charge in [-0.25, -0.2) is 0 Å². The molecule has 1 N–H and O–H groups in total. The molecule has 0 bridgehead atoms. The first-order valence-corrected chi connectivity index (χ1v) is 9.99. The molecule has 1 amide bonds. The minimum absolute atomic E-state index is 0.132. The van der Waals surface area contributed by atoms with E-state index in [0.29, 0.717) is 21.5 Å². The van der Waals surface area contributed by atoms with Gasteiger partial charge in [0.25, 0.3) is 5.91 Å². The highest BCUT2D eigenvalue weighted by Crippen LogP contribution is 2.35. The molecule has 0 aliphatic carbocycles. The smallest absolute Gasteiger partial charge is 0.252 e. The second-order valence-electron chi connectivity index (χ2n) is 6.54. The highest BCUT2D eigenvalue weighted by molar-refractivity contribution is 9.10. The number of methoxy groups -OCH3 is 2. The van der Waals surface area contributed by atoms with E-state index in [1.165, 1.54) is 0 Å². The molecule has 2 aromatic carbocycles. The van der Waals surface area contributed by atoms with Crippen LogP contribution in [0.5, 0.6) is 11.5 Å². The van der Waals surface area contributed by atoms with Gasteiger partial charge in [0.1, 0.15) is 16.0 Å². The molecule has 1 aliphatic heterocycles. The molecule has 0 unspecified atom stereocenters. The molecule has 1 atom stereocenters. The predicted octanol–water partition coefficient (Wildman–Crippen LogP) is 3.27. The van der Waals surface area contributed by atoms with Crippen LogP contribution in [0.1, 0.15) is 22.0 Å². The highest BCUT2D eigenvalue weighted by atomic mass is 79.9. The van der Waals surface area contributed by atoms with E-state index in [4.69, 9.17) is 14.2 Å². The molecule has 28 heavy (non-hydrogen) atoms. The Bertz CT molecular complexity index is 769. The maximum Gasteiger partial charge on any atom is 0.252 e. The monoisotopic (exact) mass is 448 g/mol. The van der Waals surface area contributed by atoms with Crippen molar-refractivity contribution in [3.63, 3.8) is 0 Å². The van der Waals surface area contributed by atoms with Crippen molar-refractivity contribution in [1.29, 1.82) is 0 Å². The van der Waals surface area contributed by atoms with Gasteiger partial charge in [0.05, 0.1) is 33.5 Å². The summed E-state index contributed by atoms with van der Waals surface area (Å²) in [5.74, 6) is 0.925. The van der Waals surface area contributed by atoms with Crippen molar-refractivity contribution >= 4 is 21.8 Å². The summed E-state index contributed by atoms with van der Waals surface area (Å²) in [7, 11) is 3.12. The molecule has 0 saturated carbocycles. The summed E-state index contributed by atoms with van der Waals surface area (Å²) in [6.45, 7) is 3.88. The second kappa shape index (κ2) is 9.91. The second-order valence-corrected chi connectivity index (χ2v) is 7.34. The van der Waals surface area contributed by atoms with Crippen molar-refractivity contribution in [3.8, 4) is 11.5 Å². The number of halogens is 1. The van der Waals surface area contributed by atoms with Crippen LogP contribution in [0, 0.1) is 0 Å². The molecule has 0 aromatic heterocycles. The lowest BCUT2D eigenvalue weighted by Gasteiger charge is -2.31. The molecular formula is C21H25BrN2O4. The van der Waals surface area contributed by atoms with E-state index >= 15 is 0 Å². The van der Waals surface area contributed by atoms with Crippen molar-refractivity contribution in [1.82, 2.24) is 10.2 Å². The standard InChI is InChI=1S/C21H25BrN2O4/c1-26-18-12-16(13-19(27-2)20(18)22)21(25)23-17(15-6-4-3-5-7-15)14-24-8-10-28-11-9-24/h3-7,12-13,17H,8-11,14H2,1-2H3,(H,23,25)/t17-/m1/s1. The van der Waals surface area contributed by atoms with Gasteiger partial charge < -0.3 is 19.5 Å². The molecule has 0 radical (unpaired) electrons. The van der Waals surface area contributed by atoms with Crippen molar-refractivity contribution in [2.75, 3.05) is 47.1 Å². The fourth-order valence-corrected chi connectivity index (χ4v) is 3.76. The summed E-state index contributed by atoms with van der Waals surface area (Å²) in [6.07, 6.45) is 0. The molecule has 3 rings (SSSR count). The highest BCUT2D eigenvalue weighted by Gasteiger charge is 2.22. The molecule has 2 aromatic rings. The van der Waals surface area contributed by atoms with Gasteiger partial charge in [0.15, 0.2) is 0 Å². The normalized spacial score (nSPS) is 15.7. The fraction of sp³-hybridized carbons (Fsp3) is 0.381. The number of amides is 1. The average molecular weight is 449 g/mol. The zero-order valence-electron chi connectivity index (χ0n) is 16.1. The lowest BCUT2D eigenvalue weighted by molar-refractivity contribution is 0.0332. The lowest BCUT2D eigenvalue weighted by atomic mass is 10.0. The van der Waals surface area contributed by atoms with E-state index in [9.17, 15) is 4.79 Å². The summed E-state index contributed by atoms with van der Waals surface area (Å²) < 4.78 is 16.8. The Labute approximate surface area is 173 Å². The van der Waals surface area contributed by atoms with Crippen LogP contribution in [0.25, 0.3) is 0 Å². The minimum atomic E-state index is -0.175. The van der Waals surface area contributed by atoms with Crippen LogP contribution in [0.15, 0.2) is 46.9 Å². The van der Waals surface area contributed by atoms with Crippen molar-refractivity contribution in [2.45, 2.75) is 6.04 Å². The number of benzene rings is 2. The fourth-order valence-electron chi connectivity index (χ4n) is 3.20. The molecule has 1 saturated heterocycles. The van der Waals surface area contributed by atoms with Gasteiger partial charge in [0, 0.05) is 25.2 Å². The van der Waals surface area contributed by atoms with E-state index in [-0.39, 0.29) is 11.9 Å². The first-order valence-electron chi connectivity index (χ1n) is 9.19. The number of ether oxygens (including phenoxy) is 3. The zero-order valence-corrected chi connectivity index (χ0v) is 17.7. The van der Waals surface area contributed by atoms with E-state index in [0.717, 1.165) is 38.4 Å². The molecule has 7 heteroatoms. The number of morpholine rings is 1. The summed E-state index contributed by atoms with van der Waals surface area (Å²) in [4.78, 5) is 15.3. The topological polar surface area (TPSA) is 60.0 Å². The quantitative estimate of drug-likeness (QED) is 0.704. The minimum Gasteiger partial charge on any atom is -0.495 e. The first kappa shape index (κ1) is 20.6. The Kier molecular flexibility index (Phi) is 7.30. The number of carbonyl (C=O) groups excluding carboxylic acids is 1. The van der Waals surface area contributed by atoms with Crippen LogP contribution < -0.4 is 14.8 Å². The van der Waals surface area contributed by atoms with Crippen LogP contribution in [0.4, 0.5) is 0 Å². The van der Waals surface area contributed by atoms with Crippen molar-refractivity contribution < 1.29 is 19.0 Å². The molecule has 0 spiro atoms. The van der Waals surface area contributed by atoms with Gasteiger partial charge in [-0.1, -0.05) is 30.3 Å². The van der Waals surface area contributed by atoms with Crippen molar-refractivity contribution in [3.05, 3.63) is 58.1 Å². The molecule has 150 valence electrons. The number of nitrogens with zero attached hydrogens (tertiary/aromatic N) is 1. The van der Waals surface area contributed by atoms with Crippen LogP contribution in [0.2, 0.25) is 0 Å². The van der Waals surface area contributed by atoms with Crippen LogP contribution in [-0.4, -0.2) is 57.9 Å². The Morgan fingerprint density at radius 1 is 1.14 bits per heavy atom. The van der Waals surface area contributed by atoms with Gasteiger partial charge in [-0.15, -0.1) is 0 Å². The third kappa shape index (κ3) is 5.04. The number of carbonyl (C=O) groups is 1. The number of rotatable bonds is 7. The van der Waals surface area contributed by atoms with Gasteiger partial charge in [-0.05, 0) is 33.6 Å². The Hall–Kier alpha value is -2.09. The largest absolute Gasteiger partial charge is 0.495 e. The van der Waals surface area contributed by atoms with Crippen LogP contribution in [-0.2, 0) is 4.74 Å². The maximum atomic E-state index is 13.0. The molecular weight excluding hydrogens is 424 g/mol. The van der Waals surface area contributed by atoms with Gasteiger partial charge in [-0.3, -0.25) is 9.69 Å². The van der Waals surface area contributed by atoms with Crippen molar-refractivity contribution in [2.24, 2.45) is 0 Å². The summed E-state index contributed by atoms with van der Waals surface area (Å²) in [6, 6.07) is 13.3. The Morgan fingerprint density at radius 3 is 2.32 bits per heavy atom. The Balaban J connectivity index is 1.82. The predicted molar refractivity (Wildman–Crippen MR) is 111 cm³/mol. The van der Waals surface area contributed by atoms with Crippen LogP contribution >= 0.6 is 15.9 Å². The summed E-state index contributed by atoms with van der Waals surface area (Å²) >= 11 is 3.44. The molecule has 1 heterocycles. The van der Waals surface area contributed by atoms with E-state index in [1.54, 1.807) is 26.4 Å². The lowest BCUT2D eigenvalue weighted by Crippen LogP contribution is -2.43.